The van der Waals surface area contributed by atoms with Gasteiger partial charge in [0, 0.05) is 0 Å². The molecule has 2 aromatic rings. The van der Waals surface area contributed by atoms with Crippen LogP contribution >= 0.6 is 0 Å². The van der Waals surface area contributed by atoms with Crippen LogP contribution in [0.2, 0.25) is 0 Å². The maximum Gasteiger partial charge on any atom is 0.223 e. The van der Waals surface area contributed by atoms with Crippen LogP contribution in [0.3, 0.4) is 0 Å². The lowest BCUT2D eigenvalue weighted by molar-refractivity contribution is 1.31. The molecule has 0 aliphatic rings. The van der Waals surface area contributed by atoms with Crippen LogP contribution in [0.4, 0.5) is 0 Å². The van der Waals surface area contributed by atoms with E-state index >= 15 is 0 Å². The summed E-state index contributed by atoms with van der Waals surface area (Å²) in [7, 11) is 0. The molecule has 0 unspecified atom stereocenters. The summed E-state index contributed by atoms with van der Waals surface area (Å²) in [4.78, 5) is 0. The molecule has 0 saturated carbocycles. The van der Waals surface area contributed by atoms with E-state index in [4.69, 9.17) is 5.73 Å². The molecule has 2 N–H and O–H groups in total. The average molecular weight is 237 g/mol. The predicted octanol–water partition coefficient (Wildman–Crippen LogP) is 1.72. The van der Waals surface area contributed by atoms with Crippen molar-refractivity contribution in [1.29, 1.82) is 0 Å². The van der Waals surface area contributed by atoms with E-state index in [2.05, 4.69) is 57.2 Å². The molecule has 92 valence electrons. The molecule has 0 aliphatic carbocycles. The van der Waals surface area contributed by atoms with Crippen LogP contribution in [0.15, 0.2) is 42.5 Å². The lowest BCUT2D eigenvalue weighted by atomic mass is 9.39. The monoisotopic (exact) mass is 237 g/mol. The zero-order valence-corrected chi connectivity index (χ0v) is 11.4. The summed E-state index contributed by atoms with van der Waals surface area (Å²) in [5, 5.41) is 0. The second-order valence-electron chi connectivity index (χ2n) is 5.01. The highest BCUT2D eigenvalue weighted by Gasteiger charge is 2.20. The SMILES string of the molecule is Cc1cc(C)c(B(CN)c2ccccc2)c(C)c1. The molecule has 0 atom stereocenters. The average Bonchev–Trinajstić information content (AvgIpc) is 2.34. The van der Waals surface area contributed by atoms with Crippen LogP contribution < -0.4 is 16.7 Å². The Morgan fingerprint density at radius 2 is 1.50 bits per heavy atom. The van der Waals surface area contributed by atoms with E-state index in [0.29, 0.717) is 13.2 Å². The molecule has 0 amide bonds. The lowest BCUT2D eigenvalue weighted by Crippen LogP contribution is -2.50. The Bertz CT molecular complexity index is 511. The van der Waals surface area contributed by atoms with Crippen molar-refractivity contribution in [2.45, 2.75) is 20.8 Å². The number of hydrogen-bond acceptors (Lipinski definition) is 1. The summed E-state index contributed by atoms with van der Waals surface area (Å²) in [6.45, 7) is 6.80. The number of rotatable bonds is 3. The van der Waals surface area contributed by atoms with Crippen LogP contribution in [0.5, 0.6) is 0 Å². The molecule has 0 bridgehead atoms. The fraction of sp³-hybridized carbons (Fsp3) is 0.250. The van der Waals surface area contributed by atoms with Crippen LogP contribution in [0.25, 0.3) is 0 Å². The molecule has 2 rings (SSSR count). The number of benzene rings is 2. The number of aryl methyl sites for hydroxylation is 3. The molecule has 2 heteroatoms. The minimum atomic E-state index is 0.298. The molecule has 0 fully saturated rings. The van der Waals surface area contributed by atoms with E-state index in [-0.39, 0.29) is 0 Å². The van der Waals surface area contributed by atoms with Gasteiger partial charge in [0.2, 0.25) is 6.71 Å². The Hall–Kier alpha value is -1.54. The summed E-state index contributed by atoms with van der Waals surface area (Å²) < 4.78 is 0. The Labute approximate surface area is 110 Å². The third-order valence-corrected chi connectivity index (χ3v) is 3.52. The summed E-state index contributed by atoms with van der Waals surface area (Å²) in [6.07, 6.45) is 0.648. The fourth-order valence-corrected chi connectivity index (χ4v) is 2.85. The molecule has 0 radical (unpaired) electrons. The highest BCUT2D eigenvalue weighted by molar-refractivity contribution is 6.86. The first-order valence-corrected chi connectivity index (χ1v) is 6.46. The largest absolute Gasteiger partial charge is 0.337 e. The van der Waals surface area contributed by atoms with Crippen molar-refractivity contribution >= 4 is 17.6 Å². The molecular weight excluding hydrogens is 217 g/mol. The molecule has 1 nitrogen and oxygen atoms in total. The van der Waals surface area contributed by atoms with Gasteiger partial charge in [0.05, 0.1) is 0 Å². The Morgan fingerprint density at radius 3 is 2.00 bits per heavy atom. The minimum Gasteiger partial charge on any atom is -0.337 e. The van der Waals surface area contributed by atoms with Gasteiger partial charge in [-0.05, 0) is 27.2 Å². The molecule has 0 spiro atoms. The fourth-order valence-electron chi connectivity index (χ4n) is 2.85. The Balaban J connectivity index is 2.52. The van der Waals surface area contributed by atoms with Gasteiger partial charge in [-0.3, -0.25) is 0 Å². The van der Waals surface area contributed by atoms with Gasteiger partial charge in [-0.15, -0.1) is 0 Å². The highest BCUT2D eigenvalue weighted by Crippen LogP contribution is 2.07. The normalized spacial score (nSPS) is 10.4. The summed E-state index contributed by atoms with van der Waals surface area (Å²) in [5.74, 6) is 0. The Morgan fingerprint density at radius 1 is 0.944 bits per heavy atom. The molecule has 0 heterocycles. The summed E-state index contributed by atoms with van der Waals surface area (Å²) in [5.41, 5.74) is 12.7. The van der Waals surface area contributed by atoms with Gasteiger partial charge in [-0.1, -0.05) is 70.1 Å². The van der Waals surface area contributed by atoms with Crippen LogP contribution in [0.1, 0.15) is 16.7 Å². The van der Waals surface area contributed by atoms with Crippen molar-refractivity contribution in [3.63, 3.8) is 0 Å². The number of nitrogens with two attached hydrogens (primary N) is 1. The zero-order valence-electron chi connectivity index (χ0n) is 11.4. The third-order valence-electron chi connectivity index (χ3n) is 3.52. The van der Waals surface area contributed by atoms with Gasteiger partial charge in [-0.2, -0.15) is 0 Å². The molecule has 2 aromatic carbocycles. The van der Waals surface area contributed by atoms with Crippen molar-refractivity contribution in [1.82, 2.24) is 0 Å². The summed E-state index contributed by atoms with van der Waals surface area (Å²) in [6, 6.07) is 15.0. The van der Waals surface area contributed by atoms with Gasteiger partial charge in [0.25, 0.3) is 0 Å². The minimum absolute atomic E-state index is 0.298. The predicted molar refractivity (Wildman–Crippen MR) is 81.2 cm³/mol. The third kappa shape index (κ3) is 2.49. The van der Waals surface area contributed by atoms with E-state index < -0.39 is 0 Å². The van der Waals surface area contributed by atoms with E-state index in [1.807, 2.05) is 6.07 Å². The second kappa shape index (κ2) is 5.41. The topological polar surface area (TPSA) is 26.0 Å². The Kier molecular flexibility index (Phi) is 3.88. The van der Waals surface area contributed by atoms with Crippen molar-refractivity contribution < 1.29 is 0 Å². The van der Waals surface area contributed by atoms with Gasteiger partial charge in [-0.25, -0.2) is 0 Å². The van der Waals surface area contributed by atoms with Gasteiger partial charge in [0.1, 0.15) is 0 Å². The van der Waals surface area contributed by atoms with Crippen molar-refractivity contribution in [3.8, 4) is 0 Å². The van der Waals surface area contributed by atoms with E-state index in [1.54, 1.807) is 0 Å². The van der Waals surface area contributed by atoms with Crippen LogP contribution in [0, 0.1) is 20.8 Å². The number of hydrogen-bond donors (Lipinski definition) is 1. The van der Waals surface area contributed by atoms with Gasteiger partial charge < -0.3 is 5.73 Å². The van der Waals surface area contributed by atoms with Gasteiger partial charge in [0.15, 0.2) is 0 Å². The smallest absolute Gasteiger partial charge is 0.223 e. The quantitative estimate of drug-likeness (QED) is 0.808. The summed E-state index contributed by atoms with van der Waals surface area (Å²) >= 11 is 0. The molecule has 0 aliphatic heterocycles. The first-order chi connectivity index (χ1) is 8.63. The van der Waals surface area contributed by atoms with Crippen molar-refractivity contribution in [3.05, 3.63) is 59.2 Å². The maximum atomic E-state index is 6.01. The molecule has 0 aromatic heterocycles. The van der Waals surface area contributed by atoms with Crippen molar-refractivity contribution in [2.75, 3.05) is 6.44 Å². The van der Waals surface area contributed by atoms with Crippen LogP contribution in [-0.4, -0.2) is 13.2 Å². The molecular formula is C16H20BN. The maximum absolute atomic E-state index is 6.01. The van der Waals surface area contributed by atoms with E-state index in [9.17, 15) is 0 Å². The highest BCUT2D eigenvalue weighted by atomic mass is 14.5. The first-order valence-electron chi connectivity index (χ1n) is 6.46. The molecule has 18 heavy (non-hydrogen) atoms. The zero-order chi connectivity index (χ0) is 13.1. The van der Waals surface area contributed by atoms with E-state index in [0.717, 1.165) is 0 Å². The second-order valence-corrected chi connectivity index (χ2v) is 5.01. The standard InChI is InChI=1S/C16H20BN/c1-12-9-13(2)16(14(3)10-12)17(11-18)15-7-5-4-6-8-15/h4-10H,11,18H2,1-3H3. The molecule has 0 saturated heterocycles. The first kappa shape index (κ1) is 12.9. The van der Waals surface area contributed by atoms with E-state index in [1.165, 1.54) is 27.6 Å². The lowest BCUT2D eigenvalue weighted by Gasteiger charge is -2.18. The van der Waals surface area contributed by atoms with Crippen molar-refractivity contribution in [2.24, 2.45) is 5.73 Å². The van der Waals surface area contributed by atoms with Gasteiger partial charge >= 0.3 is 0 Å². The van der Waals surface area contributed by atoms with Crippen LogP contribution in [-0.2, 0) is 0 Å².